The van der Waals surface area contributed by atoms with Crippen LogP contribution < -0.4 is 15.4 Å². The fourth-order valence-corrected chi connectivity index (χ4v) is 3.00. The summed E-state index contributed by atoms with van der Waals surface area (Å²) in [5.41, 5.74) is 0.826. The Hall–Kier alpha value is -3.42. The van der Waals surface area contributed by atoms with Gasteiger partial charge in [-0.1, -0.05) is 36.4 Å². The van der Waals surface area contributed by atoms with E-state index in [-0.39, 0.29) is 42.8 Å². The summed E-state index contributed by atoms with van der Waals surface area (Å²) in [4.78, 5) is 38.4. The van der Waals surface area contributed by atoms with Crippen molar-refractivity contribution >= 4 is 23.4 Å². The molecule has 146 valence electrons. The monoisotopic (exact) mass is 385 g/mol. The summed E-state index contributed by atoms with van der Waals surface area (Å²) >= 11 is 0. The van der Waals surface area contributed by atoms with Crippen molar-refractivity contribution in [1.29, 1.82) is 0 Å². The van der Waals surface area contributed by atoms with Crippen LogP contribution in [0.1, 0.15) is 12.0 Å². The summed E-state index contributed by atoms with van der Waals surface area (Å²) in [6.07, 6.45) is -0.299. The number of nitrogens with zero attached hydrogens (tertiary/aromatic N) is 1. The number of amides is 3. The van der Waals surface area contributed by atoms with Crippen LogP contribution in [0.4, 0.5) is 10.1 Å². The molecule has 0 bridgehead atoms. The molecule has 1 saturated heterocycles. The van der Waals surface area contributed by atoms with E-state index in [2.05, 4.69) is 10.6 Å². The van der Waals surface area contributed by atoms with Crippen molar-refractivity contribution in [3.8, 4) is 5.75 Å². The third-order valence-corrected chi connectivity index (χ3v) is 4.34. The number of carbonyl (C=O) groups is 3. The topological polar surface area (TPSA) is 87.7 Å². The van der Waals surface area contributed by atoms with Gasteiger partial charge in [0, 0.05) is 6.54 Å². The van der Waals surface area contributed by atoms with Crippen LogP contribution >= 0.6 is 0 Å². The number of nitrogens with one attached hydrogen (secondary N) is 2. The van der Waals surface area contributed by atoms with Crippen molar-refractivity contribution in [3.05, 3.63) is 59.9 Å². The first kappa shape index (κ1) is 19.3. The van der Waals surface area contributed by atoms with Crippen LogP contribution in [0.3, 0.4) is 0 Å². The third kappa shape index (κ3) is 4.46. The van der Waals surface area contributed by atoms with Gasteiger partial charge < -0.3 is 20.3 Å². The summed E-state index contributed by atoms with van der Waals surface area (Å²) in [5.74, 6) is -2.00. The Labute approximate surface area is 161 Å². The summed E-state index contributed by atoms with van der Waals surface area (Å²) < 4.78 is 19.0. The molecule has 0 aromatic heterocycles. The fourth-order valence-electron chi connectivity index (χ4n) is 3.00. The lowest BCUT2D eigenvalue weighted by Crippen LogP contribution is -2.58. The molecule has 1 aliphatic rings. The Morgan fingerprint density at radius 2 is 1.96 bits per heavy atom. The van der Waals surface area contributed by atoms with Crippen LogP contribution in [-0.2, 0) is 20.9 Å². The predicted molar refractivity (Wildman–Crippen MR) is 100.0 cm³/mol. The number of methoxy groups -OCH3 is 1. The van der Waals surface area contributed by atoms with Gasteiger partial charge in [0.2, 0.25) is 17.7 Å². The summed E-state index contributed by atoms with van der Waals surface area (Å²) in [6.45, 7) is 0.200. The second kappa shape index (κ2) is 8.51. The fraction of sp³-hybridized carbons (Fsp3) is 0.250. The molecule has 28 heavy (non-hydrogen) atoms. The van der Waals surface area contributed by atoms with Crippen molar-refractivity contribution in [3.63, 3.8) is 0 Å². The first-order chi connectivity index (χ1) is 13.5. The highest BCUT2D eigenvalue weighted by Crippen LogP contribution is 2.24. The zero-order valence-corrected chi connectivity index (χ0v) is 15.3. The second-order valence-electron chi connectivity index (χ2n) is 6.37. The molecule has 0 aliphatic carbocycles. The van der Waals surface area contributed by atoms with Crippen LogP contribution in [0.5, 0.6) is 5.75 Å². The standard InChI is InChI=1S/C20H20FN3O4/c1-28-16-9-5-8-14(19(16)21)22-17(25)10-15-20(27)24(12-18(26)23-15)11-13-6-3-2-4-7-13/h2-9,15H,10-12H2,1H3,(H,22,25)(H,23,26). The lowest BCUT2D eigenvalue weighted by atomic mass is 10.1. The quantitative estimate of drug-likeness (QED) is 0.792. The summed E-state index contributed by atoms with van der Waals surface area (Å²) in [5, 5.41) is 4.94. The maximum absolute atomic E-state index is 14.2. The van der Waals surface area contributed by atoms with Gasteiger partial charge in [-0.25, -0.2) is 4.39 Å². The Bertz CT molecular complexity index is 888. The molecular weight excluding hydrogens is 365 g/mol. The van der Waals surface area contributed by atoms with Gasteiger partial charge in [-0.2, -0.15) is 0 Å². The number of anilines is 1. The molecule has 7 nitrogen and oxygen atoms in total. The van der Waals surface area contributed by atoms with Crippen LogP contribution in [-0.4, -0.2) is 42.3 Å². The number of benzene rings is 2. The van der Waals surface area contributed by atoms with Gasteiger partial charge in [0.05, 0.1) is 25.8 Å². The average molecular weight is 385 g/mol. The van der Waals surface area contributed by atoms with E-state index < -0.39 is 17.8 Å². The number of piperazine rings is 1. The SMILES string of the molecule is COc1cccc(NC(=O)CC2NC(=O)CN(Cc3ccccc3)C2=O)c1F. The Balaban J connectivity index is 1.66. The zero-order valence-electron chi connectivity index (χ0n) is 15.3. The van der Waals surface area contributed by atoms with Gasteiger partial charge in [-0.3, -0.25) is 14.4 Å². The van der Waals surface area contributed by atoms with Gasteiger partial charge in [0.15, 0.2) is 11.6 Å². The van der Waals surface area contributed by atoms with Crippen molar-refractivity contribution in [2.45, 2.75) is 19.0 Å². The van der Waals surface area contributed by atoms with E-state index in [9.17, 15) is 18.8 Å². The maximum atomic E-state index is 14.2. The number of hydrogen-bond acceptors (Lipinski definition) is 4. The zero-order chi connectivity index (χ0) is 20.1. The molecule has 1 fully saturated rings. The van der Waals surface area contributed by atoms with E-state index in [0.29, 0.717) is 0 Å². The summed E-state index contributed by atoms with van der Waals surface area (Å²) in [6, 6.07) is 12.6. The minimum atomic E-state index is -1.00. The smallest absolute Gasteiger partial charge is 0.246 e. The normalized spacial score (nSPS) is 16.5. The van der Waals surface area contributed by atoms with Crippen LogP contribution in [0.2, 0.25) is 0 Å². The van der Waals surface area contributed by atoms with E-state index in [4.69, 9.17) is 4.74 Å². The molecule has 1 unspecified atom stereocenters. The third-order valence-electron chi connectivity index (χ3n) is 4.34. The largest absolute Gasteiger partial charge is 0.494 e. The number of carbonyl (C=O) groups excluding carboxylic acids is 3. The van der Waals surface area contributed by atoms with Gasteiger partial charge in [-0.15, -0.1) is 0 Å². The Morgan fingerprint density at radius 1 is 1.21 bits per heavy atom. The van der Waals surface area contributed by atoms with Crippen molar-refractivity contribution in [2.75, 3.05) is 19.0 Å². The van der Waals surface area contributed by atoms with Crippen molar-refractivity contribution in [2.24, 2.45) is 0 Å². The number of ether oxygens (including phenoxy) is 1. The molecule has 2 aromatic carbocycles. The number of rotatable bonds is 6. The number of halogens is 1. The second-order valence-corrected chi connectivity index (χ2v) is 6.37. The molecule has 0 saturated carbocycles. The van der Waals surface area contributed by atoms with Gasteiger partial charge in [0.1, 0.15) is 6.04 Å². The van der Waals surface area contributed by atoms with E-state index in [1.165, 1.54) is 30.2 Å². The molecular formula is C20H20FN3O4. The van der Waals surface area contributed by atoms with Gasteiger partial charge >= 0.3 is 0 Å². The number of hydrogen-bond donors (Lipinski definition) is 2. The minimum Gasteiger partial charge on any atom is -0.494 e. The van der Waals surface area contributed by atoms with Crippen LogP contribution in [0.25, 0.3) is 0 Å². The maximum Gasteiger partial charge on any atom is 0.246 e. The molecule has 8 heteroatoms. The predicted octanol–water partition coefficient (Wildman–Crippen LogP) is 1.69. The highest BCUT2D eigenvalue weighted by Gasteiger charge is 2.34. The Morgan fingerprint density at radius 3 is 2.68 bits per heavy atom. The highest BCUT2D eigenvalue weighted by molar-refractivity contribution is 6.00. The lowest BCUT2D eigenvalue weighted by molar-refractivity contribution is -0.145. The van der Waals surface area contributed by atoms with E-state index in [0.717, 1.165) is 5.56 Å². The van der Waals surface area contributed by atoms with Crippen molar-refractivity contribution < 1.29 is 23.5 Å². The average Bonchev–Trinajstić information content (AvgIpc) is 2.68. The lowest BCUT2D eigenvalue weighted by Gasteiger charge is -2.32. The van der Waals surface area contributed by atoms with E-state index in [1.807, 2.05) is 30.3 Å². The first-order valence-electron chi connectivity index (χ1n) is 8.72. The minimum absolute atomic E-state index is 0.00567. The highest BCUT2D eigenvalue weighted by atomic mass is 19.1. The van der Waals surface area contributed by atoms with Crippen LogP contribution in [0.15, 0.2) is 48.5 Å². The van der Waals surface area contributed by atoms with Gasteiger partial charge in [0.25, 0.3) is 0 Å². The molecule has 2 aromatic rings. The van der Waals surface area contributed by atoms with Gasteiger partial charge in [-0.05, 0) is 17.7 Å². The molecule has 1 heterocycles. The molecule has 1 atom stereocenters. The van der Waals surface area contributed by atoms with Crippen molar-refractivity contribution in [1.82, 2.24) is 10.2 Å². The van der Waals surface area contributed by atoms with E-state index >= 15 is 0 Å². The molecule has 1 aliphatic heterocycles. The molecule has 0 radical (unpaired) electrons. The van der Waals surface area contributed by atoms with E-state index in [1.54, 1.807) is 0 Å². The summed E-state index contributed by atoms with van der Waals surface area (Å²) in [7, 11) is 1.32. The Kier molecular flexibility index (Phi) is 5.88. The molecule has 2 N–H and O–H groups in total. The van der Waals surface area contributed by atoms with Crippen LogP contribution in [0, 0.1) is 5.82 Å². The molecule has 0 spiro atoms. The molecule has 3 rings (SSSR count). The first-order valence-corrected chi connectivity index (χ1v) is 8.72. The molecule has 3 amide bonds.